The summed E-state index contributed by atoms with van der Waals surface area (Å²) in [7, 11) is 0. The molecule has 2 fully saturated rings. The lowest BCUT2D eigenvalue weighted by molar-refractivity contribution is 0.151. The molecule has 2 saturated heterocycles. The van der Waals surface area contributed by atoms with Gasteiger partial charge >= 0.3 is 6.03 Å². The summed E-state index contributed by atoms with van der Waals surface area (Å²) in [5.41, 5.74) is 1.28. The number of anilines is 1. The van der Waals surface area contributed by atoms with Crippen molar-refractivity contribution < 1.29 is 9.90 Å². The van der Waals surface area contributed by atoms with Gasteiger partial charge in [0.15, 0.2) is 0 Å². The van der Waals surface area contributed by atoms with E-state index in [9.17, 15) is 9.90 Å². The fourth-order valence-corrected chi connectivity index (χ4v) is 3.85. The number of hydrogen-bond donors (Lipinski definition) is 2. The third kappa shape index (κ3) is 4.64. The van der Waals surface area contributed by atoms with Crippen LogP contribution in [-0.4, -0.2) is 78.9 Å². The molecule has 2 aliphatic heterocycles. The predicted octanol–water partition coefficient (Wildman–Crippen LogP) is 1.36. The van der Waals surface area contributed by atoms with Crippen molar-refractivity contribution in [1.82, 2.24) is 15.1 Å². The minimum atomic E-state index is -0.0352. The van der Waals surface area contributed by atoms with Crippen LogP contribution in [0, 0.1) is 0 Å². The van der Waals surface area contributed by atoms with Crippen LogP contribution in [0.15, 0.2) is 30.3 Å². The van der Waals surface area contributed by atoms with Crippen LogP contribution in [0.25, 0.3) is 0 Å². The van der Waals surface area contributed by atoms with Crippen LogP contribution in [0.4, 0.5) is 10.5 Å². The van der Waals surface area contributed by atoms with Crippen molar-refractivity contribution in [2.45, 2.75) is 31.8 Å². The minimum Gasteiger partial charge on any atom is -0.394 e. The molecular formula is C19H30N4O2. The Morgan fingerprint density at radius 3 is 2.60 bits per heavy atom. The van der Waals surface area contributed by atoms with Crippen LogP contribution in [0.2, 0.25) is 0 Å². The highest BCUT2D eigenvalue weighted by atomic mass is 16.3. The van der Waals surface area contributed by atoms with Gasteiger partial charge in [0.25, 0.3) is 0 Å². The van der Waals surface area contributed by atoms with E-state index in [0.29, 0.717) is 0 Å². The highest BCUT2D eigenvalue weighted by Gasteiger charge is 2.29. The van der Waals surface area contributed by atoms with Gasteiger partial charge < -0.3 is 20.2 Å². The van der Waals surface area contributed by atoms with Gasteiger partial charge in [-0.25, -0.2) is 4.79 Å². The molecule has 1 aromatic carbocycles. The van der Waals surface area contributed by atoms with Crippen molar-refractivity contribution in [2.75, 3.05) is 50.8 Å². The van der Waals surface area contributed by atoms with Crippen LogP contribution < -0.4 is 10.2 Å². The van der Waals surface area contributed by atoms with E-state index in [1.54, 1.807) is 4.90 Å². The number of urea groups is 1. The van der Waals surface area contributed by atoms with E-state index in [2.05, 4.69) is 46.3 Å². The maximum Gasteiger partial charge on any atom is 0.317 e. The number of likely N-dealkylation sites (tertiary alicyclic amines) is 1. The summed E-state index contributed by atoms with van der Waals surface area (Å²) >= 11 is 0. The molecule has 138 valence electrons. The Kier molecular flexibility index (Phi) is 6.15. The van der Waals surface area contributed by atoms with Crippen LogP contribution in [0.3, 0.4) is 0 Å². The Balaban J connectivity index is 1.42. The highest BCUT2D eigenvalue weighted by Crippen LogP contribution is 2.17. The average molecular weight is 346 g/mol. The predicted molar refractivity (Wildman–Crippen MR) is 99.9 cm³/mol. The maximum absolute atomic E-state index is 12.4. The molecule has 0 spiro atoms. The number of hydrogen-bond acceptors (Lipinski definition) is 4. The van der Waals surface area contributed by atoms with E-state index in [1.165, 1.54) is 5.69 Å². The number of carbonyl (C=O) groups is 1. The standard InChI is InChI=1S/C19H30N4O2/c1-16(20-19(25)23-9-5-8-18(23)15-24)14-21-10-12-22(13-11-21)17-6-3-2-4-7-17/h2-4,6-7,16,18,24H,5,8-15H2,1H3,(H,20,25)/t16-,18-/m1/s1. The Hall–Kier alpha value is -1.79. The second-order valence-corrected chi connectivity index (χ2v) is 7.15. The molecule has 2 atom stereocenters. The monoisotopic (exact) mass is 346 g/mol. The molecule has 6 heteroatoms. The summed E-state index contributed by atoms with van der Waals surface area (Å²) in [6, 6.07) is 10.6. The molecule has 2 amide bonds. The van der Waals surface area contributed by atoms with E-state index in [1.807, 2.05) is 6.07 Å². The Morgan fingerprint density at radius 2 is 1.92 bits per heavy atom. The summed E-state index contributed by atoms with van der Waals surface area (Å²) in [4.78, 5) is 19.0. The summed E-state index contributed by atoms with van der Waals surface area (Å²) in [6.45, 7) is 7.79. The van der Waals surface area contributed by atoms with Crippen LogP contribution in [0.1, 0.15) is 19.8 Å². The molecule has 1 aromatic rings. The van der Waals surface area contributed by atoms with E-state index in [-0.39, 0.29) is 24.7 Å². The minimum absolute atomic E-state index is 0.0124. The molecule has 0 aromatic heterocycles. The second kappa shape index (κ2) is 8.54. The van der Waals surface area contributed by atoms with Gasteiger partial charge in [0.2, 0.25) is 0 Å². The van der Waals surface area contributed by atoms with Crippen LogP contribution in [0.5, 0.6) is 0 Å². The van der Waals surface area contributed by atoms with E-state index < -0.39 is 0 Å². The first-order valence-corrected chi connectivity index (χ1v) is 9.37. The summed E-state index contributed by atoms with van der Waals surface area (Å²) in [6.07, 6.45) is 1.88. The van der Waals surface area contributed by atoms with Gasteiger partial charge in [-0.3, -0.25) is 4.90 Å². The lowest BCUT2D eigenvalue weighted by Gasteiger charge is -2.37. The summed E-state index contributed by atoms with van der Waals surface area (Å²) in [5, 5.41) is 12.5. The third-order valence-electron chi connectivity index (χ3n) is 5.24. The molecule has 0 bridgehead atoms. The molecule has 0 unspecified atom stereocenters. The van der Waals surface area contributed by atoms with Gasteiger partial charge in [-0.15, -0.1) is 0 Å². The molecule has 2 aliphatic rings. The molecule has 0 saturated carbocycles. The first-order valence-electron chi connectivity index (χ1n) is 9.37. The zero-order chi connectivity index (χ0) is 17.6. The summed E-state index contributed by atoms with van der Waals surface area (Å²) < 4.78 is 0. The van der Waals surface area contributed by atoms with E-state index in [4.69, 9.17) is 0 Å². The number of para-hydroxylation sites is 1. The zero-order valence-corrected chi connectivity index (χ0v) is 15.1. The zero-order valence-electron chi connectivity index (χ0n) is 15.1. The first kappa shape index (κ1) is 18.0. The van der Waals surface area contributed by atoms with Gasteiger partial charge in [0, 0.05) is 51.0 Å². The number of amides is 2. The number of carbonyl (C=O) groups excluding carboxylic acids is 1. The number of piperazine rings is 1. The topological polar surface area (TPSA) is 59.0 Å². The van der Waals surface area contributed by atoms with Gasteiger partial charge in [0.1, 0.15) is 0 Å². The number of benzene rings is 1. The Morgan fingerprint density at radius 1 is 1.20 bits per heavy atom. The van der Waals surface area contributed by atoms with Crippen molar-refractivity contribution in [3.05, 3.63) is 30.3 Å². The SMILES string of the molecule is C[C@H](CN1CCN(c2ccccc2)CC1)NC(=O)N1CCC[C@@H]1CO. The third-order valence-corrected chi connectivity index (χ3v) is 5.24. The van der Waals surface area contributed by atoms with E-state index in [0.717, 1.165) is 52.1 Å². The van der Waals surface area contributed by atoms with Gasteiger partial charge in [0.05, 0.1) is 12.6 Å². The number of nitrogens with zero attached hydrogens (tertiary/aromatic N) is 3. The average Bonchev–Trinajstić information content (AvgIpc) is 3.12. The molecular weight excluding hydrogens is 316 g/mol. The van der Waals surface area contributed by atoms with Crippen molar-refractivity contribution in [1.29, 1.82) is 0 Å². The number of aliphatic hydroxyl groups excluding tert-OH is 1. The lowest BCUT2D eigenvalue weighted by atomic mass is 10.2. The second-order valence-electron chi connectivity index (χ2n) is 7.15. The van der Waals surface area contributed by atoms with Crippen molar-refractivity contribution in [3.63, 3.8) is 0 Å². The van der Waals surface area contributed by atoms with Gasteiger partial charge in [-0.05, 0) is 31.9 Å². The van der Waals surface area contributed by atoms with E-state index >= 15 is 0 Å². The van der Waals surface area contributed by atoms with Crippen LogP contribution in [-0.2, 0) is 0 Å². The molecule has 6 nitrogen and oxygen atoms in total. The lowest BCUT2D eigenvalue weighted by Crippen LogP contribution is -2.53. The summed E-state index contributed by atoms with van der Waals surface area (Å²) in [5.74, 6) is 0. The Labute approximate surface area is 150 Å². The highest BCUT2D eigenvalue weighted by molar-refractivity contribution is 5.75. The molecule has 2 heterocycles. The van der Waals surface area contributed by atoms with Crippen LogP contribution >= 0.6 is 0 Å². The van der Waals surface area contributed by atoms with Crippen molar-refractivity contribution >= 4 is 11.7 Å². The molecule has 0 aliphatic carbocycles. The van der Waals surface area contributed by atoms with Crippen molar-refractivity contribution in [2.24, 2.45) is 0 Å². The fourth-order valence-electron chi connectivity index (χ4n) is 3.85. The number of rotatable bonds is 5. The smallest absolute Gasteiger partial charge is 0.317 e. The number of aliphatic hydroxyl groups is 1. The number of nitrogens with one attached hydrogen (secondary N) is 1. The van der Waals surface area contributed by atoms with Crippen molar-refractivity contribution in [3.8, 4) is 0 Å². The van der Waals surface area contributed by atoms with Gasteiger partial charge in [-0.1, -0.05) is 18.2 Å². The quantitative estimate of drug-likeness (QED) is 0.845. The van der Waals surface area contributed by atoms with Gasteiger partial charge in [-0.2, -0.15) is 0 Å². The molecule has 0 radical (unpaired) electrons. The normalized spacial score (nSPS) is 22.9. The fraction of sp³-hybridized carbons (Fsp3) is 0.632. The molecule has 25 heavy (non-hydrogen) atoms. The first-order chi connectivity index (χ1) is 12.2. The molecule has 3 rings (SSSR count). The Bertz CT molecular complexity index is 546. The largest absolute Gasteiger partial charge is 0.394 e. The maximum atomic E-state index is 12.4. The molecule has 2 N–H and O–H groups in total.